The fraction of sp³-hybridized carbons (Fsp3) is 1.00. The molecule has 0 bridgehead atoms. The molecular formula is C2H2ClF4O3P. The average molecular weight is 216 g/mol. The first-order valence-electron chi connectivity index (χ1n) is 2.00. The molecular weight excluding hydrogens is 214 g/mol. The van der Waals surface area contributed by atoms with Crippen molar-refractivity contribution in [1.29, 1.82) is 0 Å². The molecule has 0 unspecified atom stereocenters. The largest absolute Gasteiger partial charge is 0.421 e. The standard InChI is InChI=1S/C2H2ClF4O3P/c3-1(4,5)2(6,7)11(8,9)10/h(H2,8,9,10). The minimum atomic E-state index is -6.21. The summed E-state index contributed by atoms with van der Waals surface area (Å²) in [5.41, 5.74) is -5.53. The maximum Gasteiger partial charge on any atom is 0.421 e. The van der Waals surface area contributed by atoms with E-state index in [1.54, 1.807) is 0 Å². The topological polar surface area (TPSA) is 57.5 Å². The normalized spacial score (nSPS) is 15.2. The Hall–Kier alpha value is 0.160. The number of hydrogen-bond acceptors (Lipinski definition) is 1. The van der Waals surface area contributed by atoms with Gasteiger partial charge in [-0.25, -0.2) is 0 Å². The van der Waals surface area contributed by atoms with Gasteiger partial charge in [0.2, 0.25) is 0 Å². The molecule has 0 aliphatic carbocycles. The predicted octanol–water partition coefficient (Wildman–Crippen LogP) is 1.59. The van der Waals surface area contributed by atoms with Gasteiger partial charge in [-0.15, -0.1) is 0 Å². The molecule has 0 aromatic carbocycles. The summed E-state index contributed by atoms with van der Waals surface area (Å²) in [4.78, 5) is 15.4. The van der Waals surface area contributed by atoms with Crippen LogP contribution >= 0.6 is 19.2 Å². The third-order valence-electron chi connectivity index (χ3n) is 0.707. The number of rotatable bonds is 2. The van der Waals surface area contributed by atoms with E-state index in [1.165, 1.54) is 0 Å². The average Bonchev–Trinajstić information content (AvgIpc) is 1.58. The van der Waals surface area contributed by atoms with Crippen LogP contribution in [-0.4, -0.2) is 20.8 Å². The van der Waals surface area contributed by atoms with Crippen molar-refractivity contribution in [3.63, 3.8) is 0 Å². The SMILES string of the molecule is O=P(O)(O)C(F)(F)C(F)(F)Cl. The van der Waals surface area contributed by atoms with Crippen LogP contribution in [0.4, 0.5) is 17.6 Å². The molecule has 3 nitrogen and oxygen atoms in total. The lowest BCUT2D eigenvalue weighted by Gasteiger charge is -2.21. The van der Waals surface area contributed by atoms with Gasteiger partial charge in [0.15, 0.2) is 0 Å². The molecule has 11 heavy (non-hydrogen) atoms. The lowest BCUT2D eigenvalue weighted by Crippen LogP contribution is -2.34. The highest BCUT2D eigenvalue weighted by atomic mass is 35.5. The molecule has 0 aliphatic rings. The number of hydrogen-bond donors (Lipinski definition) is 2. The smallest absolute Gasteiger partial charge is 0.320 e. The summed E-state index contributed by atoms with van der Waals surface area (Å²) in [5.74, 6) is 0. The van der Waals surface area contributed by atoms with Crippen molar-refractivity contribution < 1.29 is 31.9 Å². The highest BCUT2D eigenvalue weighted by Crippen LogP contribution is 2.61. The molecule has 0 spiro atoms. The Labute approximate surface area is 63.1 Å². The van der Waals surface area contributed by atoms with Crippen molar-refractivity contribution in [2.75, 3.05) is 0 Å². The van der Waals surface area contributed by atoms with E-state index >= 15 is 0 Å². The van der Waals surface area contributed by atoms with E-state index in [4.69, 9.17) is 9.79 Å². The van der Waals surface area contributed by atoms with Gasteiger partial charge in [0.05, 0.1) is 0 Å². The molecule has 0 aromatic heterocycles. The van der Waals surface area contributed by atoms with Crippen LogP contribution in [-0.2, 0) is 4.57 Å². The quantitative estimate of drug-likeness (QED) is 0.419. The van der Waals surface area contributed by atoms with Crippen LogP contribution < -0.4 is 0 Å². The van der Waals surface area contributed by atoms with E-state index in [9.17, 15) is 22.1 Å². The third kappa shape index (κ3) is 2.05. The molecule has 0 heterocycles. The van der Waals surface area contributed by atoms with Gasteiger partial charge in [-0.1, -0.05) is 0 Å². The summed E-state index contributed by atoms with van der Waals surface area (Å²) in [7, 11) is -6.21. The van der Waals surface area contributed by atoms with Crippen LogP contribution in [0, 0.1) is 0 Å². The van der Waals surface area contributed by atoms with Crippen LogP contribution in [0.3, 0.4) is 0 Å². The van der Waals surface area contributed by atoms with Crippen LogP contribution in [0.1, 0.15) is 0 Å². The molecule has 0 aliphatic heterocycles. The summed E-state index contributed by atoms with van der Waals surface area (Å²) >= 11 is 3.73. The van der Waals surface area contributed by atoms with Gasteiger partial charge >= 0.3 is 18.6 Å². The van der Waals surface area contributed by atoms with E-state index in [-0.39, 0.29) is 0 Å². The van der Waals surface area contributed by atoms with Crippen molar-refractivity contribution in [3.8, 4) is 0 Å². The van der Waals surface area contributed by atoms with Crippen molar-refractivity contribution in [1.82, 2.24) is 0 Å². The highest BCUT2D eigenvalue weighted by molar-refractivity contribution is 7.53. The maximum atomic E-state index is 11.8. The summed E-state index contributed by atoms with van der Waals surface area (Å²) in [6.45, 7) is 0. The first-order valence-corrected chi connectivity index (χ1v) is 3.99. The third-order valence-corrected chi connectivity index (χ3v) is 2.09. The molecule has 68 valence electrons. The van der Waals surface area contributed by atoms with E-state index in [0.717, 1.165) is 0 Å². The highest BCUT2D eigenvalue weighted by Gasteiger charge is 2.67. The monoisotopic (exact) mass is 216 g/mol. The first-order chi connectivity index (χ1) is 4.50. The molecule has 0 saturated heterocycles. The Kier molecular flexibility index (Phi) is 2.62. The van der Waals surface area contributed by atoms with Gasteiger partial charge in [-0.3, -0.25) is 4.57 Å². The second-order valence-electron chi connectivity index (χ2n) is 1.58. The number of alkyl halides is 5. The second-order valence-corrected chi connectivity index (χ2v) is 3.71. The Morgan fingerprint density at radius 2 is 1.45 bits per heavy atom. The summed E-state index contributed by atoms with van der Waals surface area (Å²) in [6, 6.07) is 0. The van der Waals surface area contributed by atoms with Crippen LogP contribution in [0.5, 0.6) is 0 Å². The molecule has 9 heteroatoms. The summed E-state index contributed by atoms with van der Waals surface area (Å²) in [5, 5.41) is -5.24. The first kappa shape index (κ1) is 11.2. The zero-order valence-electron chi connectivity index (χ0n) is 4.64. The fourth-order valence-electron chi connectivity index (χ4n) is 0.165. The molecule has 0 amide bonds. The van der Waals surface area contributed by atoms with E-state index in [0.29, 0.717) is 0 Å². The Bertz CT molecular complexity index is 194. The Morgan fingerprint density at radius 1 is 1.18 bits per heavy atom. The molecule has 0 saturated carbocycles. The van der Waals surface area contributed by atoms with Gasteiger partial charge in [-0.05, 0) is 11.6 Å². The van der Waals surface area contributed by atoms with Gasteiger partial charge in [0.1, 0.15) is 0 Å². The van der Waals surface area contributed by atoms with Crippen LogP contribution in [0.2, 0.25) is 0 Å². The minimum Gasteiger partial charge on any atom is -0.320 e. The molecule has 0 radical (unpaired) electrons. The summed E-state index contributed by atoms with van der Waals surface area (Å²) in [6.07, 6.45) is 0. The van der Waals surface area contributed by atoms with Crippen LogP contribution in [0.25, 0.3) is 0 Å². The lowest BCUT2D eigenvalue weighted by molar-refractivity contribution is -0.110. The van der Waals surface area contributed by atoms with Gasteiger partial charge in [0.25, 0.3) is 0 Å². The van der Waals surface area contributed by atoms with Crippen molar-refractivity contribution in [2.24, 2.45) is 0 Å². The van der Waals surface area contributed by atoms with E-state index < -0.39 is 18.6 Å². The zero-order valence-corrected chi connectivity index (χ0v) is 6.29. The molecule has 2 N–H and O–H groups in total. The van der Waals surface area contributed by atoms with Gasteiger partial charge in [0, 0.05) is 0 Å². The maximum absolute atomic E-state index is 11.8. The van der Waals surface area contributed by atoms with E-state index in [2.05, 4.69) is 11.6 Å². The summed E-state index contributed by atoms with van der Waals surface area (Å²) < 4.78 is 56.3. The molecule has 0 rings (SSSR count). The predicted molar refractivity (Wildman–Crippen MR) is 27.8 cm³/mol. The molecule has 0 atom stereocenters. The van der Waals surface area contributed by atoms with Gasteiger partial charge < -0.3 is 9.79 Å². The van der Waals surface area contributed by atoms with Crippen molar-refractivity contribution in [2.45, 2.75) is 11.0 Å². The Morgan fingerprint density at radius 3 is 1.45 bits per heavy atom. The molecule has 0 fully saturated rings. The van der Waals surface area contributed by atoms with E-state index in [1.807, 2.05) is 0 Å². The van der Waals surface area contributed by atoms with Gasteiger partial charge in [-0.2, -0.15) is 17.6 Å². The van der Waals surface area contributed by atoms with Crippen molar-refractivity contribution in [3.05, 3.63) is 0 Å². The number of halogens is 5. The second kappa shape index (κ2) is 2.58. The fourth-order valence-corrected chi connectivity index (χ4v) is 0.826. The Balaban J connectivity index is 4.91. The van der Waals surface area contributed by atoms with Crippen LogP contribution in [0.15, 0.2) is 0 Å². The lowest BCUT2D eigenvalue weighted by atomic mass is 10.7. The molecule has 0 aromatic rings. The minimum absolute atomic E-state index is 3.73. The zero-order chi connectivity index (χ0) is 9.50. The van der Waals surface area contributed by atoms with Crippen molar-refractivity contribution >= 4 is 19.2 Å².